The van der Waals surface area contributed by atoms with E-state index in [2.05, 4.69) is 17.6 Å². The molecule has 1 fully saturated rings. The molecule has 0 aromatic heterocycles. The van der Waals surface area contributed by atoms with Crippen molar-refractivity contribution in [3.05, 3.63) is 24.3 Å². The van der Waals surface area contributed by atoms with Crippen LogP contribution < -0.4 is 10.6 Å². The van der Waals surface area contributed by atoms with Crippen molar-refractivity contribution in [2.45, 2.75) is 53.0 Å². The molecular weight excluding hydrogens is 314 g/mol. The van der Waals surface area contributed by atoms with Gasteiger partial charge in [-0.25, -0.2) is 0 Å². The van der Waals surface area contributed by atoms with Gasteiger partial charge < -0.3 is 15.5 Å². The van der Waals surface area contributed by atoms with Gasteiger partial charge in [0.25, 0.3) is 0 Å². The molecule has 5 heteroatoms. The molecule has 2 rings (SSSR count). The van der Waals surface area contributed by atoms with Crippen LogP contribution in [0.15, 0.2) is 24.3 Å². The van der Waals surface area contributed by atoms with Crippen molar-refractivity contribution in [2.75, 3.05) is 23.7 Å². The normalized spacial score (nSPS) is 16.6. The van der Waals surface area contributed by atoms with Crippen molar-refractivity contribution in [3.63, 3.8) is 0 Å². The van der Waals surface area contributed by atoms with Crippen molar-refractivity contribution in [2.24, 2.45) is 11.8 Å². The van der Waals surface area contributed by atoms with E-state index in [1.807, 2.05) is 49.9 Å². The molecule has 2 N–H and O–H groups in total. The van der Waals surface area contributed by atoms with E-state index in [-0.39, 0.29) is 17.9 Å². The van der Waals surface area contributed by atoms with Crippen LogP contribution in [-0.2, 0) is 9.59 Å². The fourth-order valence-corrected chi connectivity index (χ4v) is 3.05. The van der Waals surface area contributed by atoms with Crippen LogP contribution >= 0.6 is 0 Å². The van der Waals surface area contributed by atoms with Crippen LogP contribution in [0.2, 0.25) is 0 Å². The minimum absolute atomic E-state index is 0.0265. The quantitative estimate of drug-likeness (QED) is 0.826. The minimum atomic E-state index is -0.255. The summed E-state index contributed by atoms with van der Waals surface area (Å²) in [6, 6.07) is 7.26. The van der Waals surface area contributed by atoms with Crippen molar-refractivity contribution in [3.8, 4) is 0 Å². The second-order valence-electron chi connectivity index (χ2n) is 7.60. The van der Waals surface area contributed by atoms with Gasteiger partial charge in [-0.3, -0.25) is 9.59 Å². The number of likely N-dealkylation sites (tertiary alicyclic amines) is 1. The van der Waals surface area contributed by atoms with Gasteiger partial charge in [0, 0.05) is 30.9 Å². The van der Waals surface area contributed by atoms with E-state index in [9.17, 15) is 9.59 Å². The molecule has 1 aromatic rings. The lowest BCUT2D eigenvalue weighted by atomic mass is 9.99. The van der Waals surface area contributed by atoms with Gasteiger partial charge in [-0.1, -0.05) is 20.8 Å². The first kappa shape index (κ1) is 19.3. The van der Waals surface area contributed by atoms with Gasteiger partial charge in [0.15, 0.2) is 0 Å². The molecule has 0 radical (unpaired) electrons. The summed E-state index contributed by atoms with van der Waals surface area (Å²) in [5, 5.41) is 6.15. The summed E-state index contributed by atoms with van der Waals surface area (Å²) in [7, 11) is 0. The van der Waals surface area contributed by atoms with Crippen LogP contribution in [-0.4, -0.2) is 35.8 Å². The first-order chi connectivity index (χ1) is 11.8. The number of anilines is 2. The van der Waals surface area contributed by atoms with Gasteiger partial charge in [0.05, 0.1) is 0 Å². The van der Waals surface area contributed by atoms with Gasteiger partial charge in [-0.2, -0.15) is 0 Å². The molecular formula is C20H31N3O2. The summed E-state index contributed by atoms with van der Waals surface area (Å²) in [6.07, 6.45) is 2.69. The highest BCUT2D eigenvalue weighted by atomic mass is 16.2. The smallest absolute Gasteiger partial charge is 0.244 e. The number of benzene rings is 1. The van der Waals surface area contributed by atoms with Crippen molar-refractivity contribution >= 4 is 23.2 Å². The zero-order valence-electron chi connectivity index (χ0n) is 15.8. The Morgan fingerprint density at radius 2 is 1.64 bits per heavy atom. The Morgan fingerprint density at radius 1 is 1.08 bits per heavy atom. The summed E-state index contributed by atoms with van der Waals surface area (Å²) in [4.78, 5) is 26.3. The fraction of sp³-hybridized carbons (Fsp3) is 0.600. The molecule has 1 unspecified atom stereocenters. The van der Waals surface area contributed by atoms with Crippen LogP contribution in [0.25, 0.3) is 0 Å². The first-order valence-electron chi connectivity index (χ1n) is 9.30. The van der Waals surface area contributed by atoms with E-state index < -0.39 is 0 Å². The summed E-state index contributed by atoms with van der Waals surface area (Å²) in [5.41, 5.74) is 1.66. The molecule has 1 saturated heterocycles. The number of nitrogens with one attached hydrogen (secondary N) is 2. The van der Waals surface area contributed by atoms with E-state index >= 15 is 0 Å². The van der Waals surface area contributed by atoms with Gasteiger partial charge >= 0.3 is 0 Å². The maximum Gasteiger partial charge on any atom is 0.244 e. The average molecular weight is 345 g/mol. The van der Waals surface area contributed by atoms with E-state index in [1.165, 1.54) is 0 Å². The molecule has 0 bridgehead atoms. The number of carbonyl (C=O) groups excluding carboxylic acids is 2. The molecule has 1 aliphatic rings. The maximum absolute atomic E-state index is 12.5. The van der Waals surface area contributed by atoms with Crippen LogP contribution in [0.4, 0.5) is 11.4 Å². The number of amides is 2. The first-order valence-corrected chi connectivity index (χ1v) is 9.30. The molecule has 1 aliphatic heterocycles. The Bertz CT molecular complexity index is 575. The zero-order valence-corrected chi connectivity index (χ0v) is 15.8. The third-order valence-electron chi connectivity index (χ3n) is 4.61. The molecule has 5 nitrogen and oxygen atoms in total. The van der Waals surface area contributed by atoms with Crippen molar-refractivity contribution in [1.82, 2.24) is 4.90 Å². The lowest BCUT2D eigenvalue weighted by Crippen LogP contribution is -2.45. The molecule has 0 spiro atoms. The lowest BCUT2D eigenvalue weighted by Gasteiger charge is -2.32. The number of hydrogen-bond donors (Lipinski definition) is 2. The third kappa shape index (κ3) is 6.07. The maximum atomic E-state index is 12.5. The standard InChI is InChI=1S/C20H31N3O2/c1-14(2)13-19(24)22-18-7-5-17(6-8-18)21-16(4)20(25)23-11-9-15(3)10-12-23/h5-8,14-16,21H,9-13H2,1-4H3,(H,22,24). The second-order valence-corrected chi connectivity index (χ2v) is 7.60. The van der Waals surface area contributed by atoms with Gasteiger partial charge in [-0.15, -0.1) is 0 Å². The van der Waals surface area contributed by atoms with E-state index in [0.717, 1.165) is 37.3 Å². The topological polar surface area (TPSA) is 61.4 Å². The van der Waals surface area contributed by atoms with Crippen LogP contribution in [0.3, 0.4) is 0 Å². The summed E-state index contributed by atoms with van der Waals surface area (Å²) < 4.78 is 0. The van der Waals surface area contributed by atoms with E-state index in [0.29, 0.717) is 18.3 Å². The Balaban J connectivity index is 1.85. The highest BCUT2D eigenvalue weighted by Crippen LogP contribution is 2.19. The van der Waals surface area contributed by atoms with Crippen LogP contribution in [0, 0.1) is 11.8 Å². The SMILES string of the molecule is CC(C)CC(=O)Nc1ccc(NC(C)C(=O)N2CCC(C)CC2)cc1. The highest BCUT2D eigenvalue weighted by Gasteiger charge is 2.24. The molecule has 0 saturated carbocycles. The molecule has 1 heterocycles. The van der Waals surface area contributed by atoms with E-state index in [4.69, 9.17) is 0 Å². The van der Waals surface area contributed by atoms with Gasteiger partial charge in [0.1, 0.15) is 6.04 Å². The molecule has 25 heavy (non-hydrogen) atoms. The zero-order chi connectivity index (χ0) is 18.4. The highest BCUT2D eigenvalue weighted by molar-refractivity contribution is 5.91. The number of carbonyl (C=O) groups is 2. The van der Waals surface area contributed by atoms with Gasteiger partial charge in [0.2, 0.25) is 11.8 Å². The van der Waals surface area contributed by atoms with Gasteiger partial charge in [-0.05, 0) is 55.9 Å². The Morgan fingerprint density at radius 3 is 2.20 bits per heavy atom. The molecule has 2 amide bonds. The van der Waals surface area contributed by atoms with Crippen molar-refractivity contribution in [1.29, 1.82) is 0 Å². The molecule has 1 aromatic carbocycles. The minimum Gasteiger partial charge on any atom is -0.374 e. The number of hydrogen-bond acceptors (Lipinski definition) is 3. The number of rotatable bonds is 6. The number of piperidine rings is 1. The average Bonchev–Trinajstić information content (AvgIpc) is 2.56. The predicted molar refractivity (Wildman–Crippen MR) is 103 cm³/mol. The molecule has 138 valence electrons. The predicted octanol–water partition coefficient (Wildman–Crippen LogP) is 3.73. The second kappa shape index (κ2) is 8.88. The summed E-state index contributed by atoms with van der Waals surface area (Å²) in [5.74, 6) is 1.23. The summed E-state index contributed by atoms with van der Waals surface area (Å²) >= 11 is 0. The fourth-order valence-electron chi connectivity index (χ4n) is 3.05. The Labute approximate surface area is 151 Å². The third-order valence-corrected chi connectivity index (χ3v) is 4.61. The number of nitrogens with zero attached hydrogens (tertiary/aromatic N) is 1. The lowest BCUT2D eigenvalue weighted by molar-refractivity contribution is -0.133. The largest absolute Gasteiger partial charge is 0.374 e. The molecule has 1 atom stereocenters. The van der Waals surface area contributed by atoms with Crippen LogP contribution in [0.5, 0.6) is 0 Å². The van der Waals surface area contributed by atoms with Crippen molar-refractivity contribution < 1.29 is 9.59 Å². The Hall–Kier alpha value is -2.04. The van der Waals surface area contributed by atoms with E-state index in [1.54, 1.807) is 0 Å². The molecule has 0 aliphatic carbocycles. The Kier molecular flexibility index (Phi) is 6.85. The summed E-state index contributed by atoms with van der Waals surface area (Å²) in [6.45, 7) is 9.89. The van der Waals surface area contributed by atoms with Crippen LogP contribution in [0.1, 0.15) is 47.0 Å². The monoisotopic (exact) mass is 345 g/mol.